The van der Waals surface area contributed by atoms with Crippen molar-refractivity contribution in [1.82, 2.24) is 14.7 Å². The van der Waals surface area contributed by atoms with Gasteiger partial charge in [-0.15, -0.1) is 0 Å². The highest BCUT2D eigenvalue weighted by atomic mass is 16.3. The quantitative estimate of drug-likeness (QED) is 0.818. The van der Waals surface area contributed by atoms with E-state index in [1.165, 1.54) is 44.6 Å². The van der Waals surface area contributed by atoms with Crippen LogP contribution in [0.2, 0.25) is 0 Å². The molecule has 2 fully saturated rings. The summed E-state index contributed by atoms with van der Waals surface area (Å²) >= 11 is 0. The van der Waals surface area contributed by atoms with E-state index in [1.807, 2.05) is 16.8 Å². The summed E-state index contributed by atoms with van der Waals surface area (Å²) in [6.45, 7) is 4.14. The van der Waals surface area contributed by atoms with Crippen LogP contribution in [0.25, 0.3) is 0 Å². The third-order valence-electron chi connectivity index (χ3n) is 5.47. The van der Waals surface area contributed by atoms with Gasteiger partial charge in [0.05, 0.1) is 18.4 Å². The van der Waals surface area contributed by atoms with Gasteiger partial charge in [-0.25, -0.2) is 0 Å². The van der Waals surface area contributed by atoms with Crippen LogP contribution in [0.5, 0.6) is 0 Å². The Bertz CT molecular complexity index is 558. The molecule has 2 heterocycles. The molecule has 0 bridgehead atoms. The van der Waals surface area contributed by atoms with Gasteiger partial charge in [-0.1, -0.05) is 19.3 Å². The van der Waals surface area contributed by atoms with Crippen molar-refractivity contribution in [3.63, 3.8) is 0 Å². The first kappa shape index (κ1) is 18.0. The lowest BCUT2D eigenvalue weighted by Gasteiger charge is -2.35. The Hall–Kier alpha value is -1.82. The van der Waals surface area contributed by atoms with Crippen LogP contribution in [-0.2, 0) is 4.79 Å². The second-order valence-electron chi connectivity index (χ2n) is 7.36. The highest BCUT2D eigenvalue weighted by molar-refractivity contribution is 5.93. The van der Waals surface area contributed by atoms with E-state index in [9.17, 15) is 9.59 Å². The number of furan rings is 1. The van der Waals surface area contributed by atoms with Crippen LogP contribution in [0.15, 0.2) is 23.0 Å². The lowest BCUT2D eigenvalue weighted by atomic mass is 9.89. The minimum atomic E-state index is 0.00847. The number of hydrogen-bond donors (Lipinski definition) is 0. The molecule has 1 aromatic rings. The minimum absolute atomic E-state index is 0.00847. The summed E-state index contributed by atoms with van der Waals surface area (Å²) in [5.41, 5.74) is 0.594. The molecule has 3 rings (SSSR count). The van der Waals surface area contributed by atoms with Crippen molar-refractivity contribution in [2.24, 2.45) is 5.92 Å². The van der Waals surface area contributed by atoms with Crippen LogP contribution in [0.1, 0.15) is 42.5 Å². The molecule has 0 spiro atoms. The number of nitrogens with zero attached hydrogens (tertiary/aromatic N) is 3. The van der Waals surface area contributed by atoms with Gasteiger partial charge in [0.1, 0.15) is 6.26 Å². The smallest absolute Gasteiger partial charge is 0.257 e. The van der Waals surface area contributed by atoms with E-state index in [1.54, 1.807) is 6.07 Å². The maximum absolute atomic E-state index is 12.5. The maximum atomic E-state index is 12.5. The molecule has 138 valence electrons. The van der Waals surface area contributed by atoms with Gasteiger partial charge < -0.3 is 14.2 Å². The van der Waals surface area contributed by atoms with E-state index in [0.29, 0.717) is 31.1 Å². The van der Waals surface area contributed by atoms with Gasteiger partial charge in [-0.3, -0.25) is 14.5 Å². The van der Waals surface area contributed by atoms with Gasteiger partial charge in [-0.2, -0.15) is 0 Å². The van der Waals surface area contributed by atoms with E-state index in [4.69, 9.17) is 4.42 Å². The number of piperazine rings is 1. The summed E-state index contributed by atoms with van der Waals surface area (Å²) < 4.78 is 4.98. The Balaban J connectivity index is 1.40. The number of likely N-dealkylation sites (N-methyl/N-ethyl adjacent to an activating group) is 1. The number of amides is 2. The molecular weight excluding hydrogens is 318 g/mol. The zero-order chi connectivity index (χ0) is 17.6. The molecule has 0 radical (unpaired) electrons. The number of carbonyl (C=O) groups excluding carboxylic acids is 2. The van der Waals surface area contributed by atoms with Crippen LogP contribution in [-0.4, -0.2) is 72.8 Å². The summed E-state index contributed by atoms with van der Waals surface area (Å²) in [5, 5.41) is 0. The monoisotopic (exact) mass is 347 g/mol. The minimum Gasteiger partial charge on any atom is -0.472 e. The molecule has 1 aliphatic carbocycles. The fourth-order valence-corrected chi connectivity index (χ4v) is 3.85. The number of rotatable bonds is 5. The van der Waals surface area contributed by atoms with Gasteiger partial charge >= 0.3 is 0 Å². The SMILES string of the molecule is CN(CC1CCCCC1)C(=O)CN1CCN(C(=O)c2ccoc2)CC1. The molecule has 2 amide bonds. The number of hydrogen-bond acceptors (Lipinski definition) is 4. The first-order chi connectivity index (χ1) is 12.1. The predicted molar refractivity (Wildman–Crippen MR) is 95.3 cm³/mol. The molecule has 0 aromatic carbocycles. The van der Waals surface area contributed by atoms with E-state index >= 15 is 0 Å². The third-order valence-corrected chi connectivity index (χ3v) is 5.47. The van der Waals surface area contributed by atoms with E-state index < -0.39 is 0 Å². The van der Waals surface area contributed by atoms with Crippen molar-refractivity contribution in [1.29, 1.82) is 0 Å². The molecule has 6 heteroatoms. The van der Waals surface area contributed by atoms with Gasteiger partial charge in [0.15, 0.2) is 0 Å². The molecule has 1 aromatic heterocycles. The van der Waals surface area contributed by atoms with Crippen molar-refractivity contribution < 1.29 is 14.0 Å². The maximum Gasteiger partial charge on any atom is 0.257 e. The lowest BCUT2D eigenvalue weighted by Crippen LogP contribution is -2.51. The molecule has 1 saturated heterocycles. The first-order valence-corrected chi connectivity index (χ1v) is 9.41. The Morgan fingerprint density at radius 1 is 1.16 bits per heavy atom. The van der Waals surface area contributed by atoms with Gasteiger partial charge in [0.2, 0.25) is 5.91 Å². The summed E-state index contributed by atoms with van der Waals surface area (Å²) in [6.07, 6.45) is 9.47. The Kier molecular flexibility index (Phi) is 6.13. The van der Waals surface area contributed by atoms with Crippen molar-refractivity contribution in [2.75, 3.05) is 46.3 Å². The molecule has 25 heavy (non-hydrogen) atoms. The second kappa shape index (κ2) is 8.52. The zero-order valence-electron chi connectivity index (χ0n) is 15.2. The Morgan fingerprint density at radius 2 is 1.88 bits per heavy atom. The highest BCUT2D eigenvalue weighted by Gasteiger charge is 2.25. The van der Waals surface area contributed by atoms with Crippen LogP contribution >= 0.6 is 0 Å². The van der Waals surface area contributed by atoms with E-state index in [-0.39, 0.29) is 11.8 Å². The lowest BCUT2D eigenvalue weighted by molar-refractivity contribution is -0.132. The normalized spacial score (nSPS) is 19.8. The molecule has 1 saturated carbocycles. The summed E-state index contributed by atoms with van der Waals surface area (Å²) in [6, 6.07) is 1.69. The Morgan fingerprint density at radius 3 is 2.52 bits per heavy atom. The molecule has 2 aliphatic rings. The van der Waals surface area contributed by atoms with E-state index in [2.05, 4.69) is 4.90 Å². The molecule has 0 atom stereocenters. The number of carbonyl (C=O) groups is 2. The average molecular weight is 347 g/mol. The molecule has 6 nitrogen and oxygen atoms in total. The molecule has 0 unspecified atom stereocenters. The second-order valence-corrected chi connectivity index (χ2v) is 7.36. The largest absolute Gasteiger partial charge is 0.472 e. The van der Waals surface area contributed by atoms with Gasteiger partial charge in [0, 0.05) is 39.8 Å². The topological polar surface area (TPSA) is 57.0 Å². The van der Waals surface area contributed by atoms with Crippen molar-refractivity contribution in [3.05, 3.63) is 24.2 Å². The van der Waals surface area contributed by atoms with Crippen molar-refractivity contribution >= 4 is 11.8 Å². The van der Waals surface area contributed by atoms with Crippen LogP contribution < -0.4 is 0 Å². The Labute approximate surface area is 149 Å². The zero-order valence-corrected chi connectivity index (χ0v) is 15.2. The fourth-order valence-electron chi connectivity index (χ4n) is 3.85. The highest BCUT2D eigenvalue weighted by Crippen LogP contribution is 2.24. The molecular formula is C19H29N3O3. The van der Waals surface area contributed by atoms with Crippen LogP contribution in [0.3, 0.4) is 0 Å². The summed E-state index contributed by atoms with van der Waals surface area (Å²) in [5.74, 6) is 0.876. The van der Waals surface area contributed by atoms with Crippen LogP contribution in [0.4, 0.5) is 0 Å². The average Bonchev–Trinajstić information content (AvgIpc) is 3.17. The summed E-state index contributed by atoms with van der Waals surface area (Å²) in [7, 11) is 1.93. The van der Waals surface area contributed by atoms with Crippen molar-refractivity contribution in [2.45, 2.75) is 32.1 Å². The predicted octanol–water partition coefficient (Wildman–Crippen LogP) is 2.08. The van der Waals surface area contributed by atoms with Gasteiger partial charge in [0.25, 0.3) is 5.91 Å². The third kappa shape index (κ3) is 4.84. The van der Waals surface area contributed by atoms with E-state index in [0.717, 1.165) is 19.6 Å². The molecule has 0 N–H and O–H groups in total. The van der Waals surface area contributed by atoms with Gasteiger partial charge in [-0.05, 0) is 24.8 Å². The molecule has 1 aliphatic heterocycles. The van der Waals surface area contributed by atoms with Crippen LogP contribution in [0, 0.1) is 5.92 Å². The van der Waals surface area contributed by atoms with Crippen molar-refractivity contribution in [3.8, 4) is 0 Å². The standard InChI is InChI=1S/C19H29N3O3/c1-20(13-16-5-3-2-4-6-16)18(23)14-21-8-10-22(11-9-21)19(24)17-7-12-25-15-17/h7,12,15-16H,2-6,8-11,13-14H2,1H3. The fraction of sp³-hybridized carbons (Fsp3) is 0.684. The summed E-state index contributed by atoms with van der Waals surface area (Å²) in [4.78, 5) is 30.7. The first-order valence-electron chi connectivity index (χ1n) is 9.41.